The van der Waals surface area contributed by atoms with E-state index in [1.807, 2.05) is 12.1 Å². The van der Waals surface area contributed by atoms with Crippen LogP contribution in [0.1, 0.15) is 40.8 Å². The number of nitrogens with one attached hydrogen (secondary N) is 3. The minimum absolute atomic E-state index is 0.114. The summed E-state index contributed by atoms with van der Waals surface area (Å²) in [6.45, 7) is 0. The molecule has 0 spiro atoms. The topological polar surface area (TPSA) is 51.7 Å². The second-order valence-corrected chi connectivity index (χ2v) is 11.0. The predicted octanol–water partition coefficient (Wildman–Crippen LogP) is 8.44. The number of nitrogens with zero attached hydrogens (tertiary/aromatic N) is 2. The fourth-order valence-electron chi connectivity index (χ4n) is 6.28. The van der Waals surface area contributed by atoms with Gasteiger partial charge in [0.1, 0.15) is 24.3 Å². The number of anilines is 3. The average molecular weight is 558 g/mol. The number of benzene rings is 6. The summed E-state index contributed by atoms with van der Waals surface area (Å²) in [4.78, 5) is 7.56. The molecule has 3 N–H and O–H groups in total. The average Bonchev–Trinajstić information content (AvgIpc) is 3.48. The van der Waals surface area contributed by atoms with E-state index in [0.29, 0.717) is 0 Å². The Balaban J connectivity index is 1.30. The van der Waals surface area contributed by atoms with Crippen LogP contribution in [0, 0.1) is 0 Å². The van der Waals surface area contributed by atoms with Crippen LogP contribution in [0.3, 0.4) is 0 Å². The molecule has 2 aliphatic heterocycles. The lowest BCUT2D eigenvalue weighted by Gasteiger charge is -2.35. The molecule has 0 radical (unpaired) electrons. The molecule has 3 atom stereocenters. The summed E-state index contributed by atoms with van der Waals surface area (Å²) >= 11 is 0. The first-order valence-corrected chi connectivity index (χ1v) is 14.7. The Bertz CT molecular complexity index is 1920. The van der Waals surface area contributed by atoms with Gasteiger partial charge in [0.15, 0.2) is 0 Å². The lowest BCUT2D eigenvalue weighted by Crippen LogP contribution is -2.45. The molecule has 0 saturated carbocycles. The largest absolute Gasteiger partial charge is 0.359 e. The molecule has 0 aromatic heterocycles. The molecule has 0 saturated heterocycles. The monoisotopic (exact) mass is 557 g/mol. The molecule has 208 valence electrons. The van der Waals surface area contributed by atoms with Gasteiger partial charge in [0.25, 0.3) is 0 Å². The molecule has 0 aliphatic carbocycles. The van der Waals surface area contributed by atoms with Gasteiger partial charge in [0.2, 0.25) is 0 Å². The number of hydrogen-bond acceptors (Lipinski definition) is 5. The van der Waals surface area contributed by atoms with Gasteiger partial charge in [-0.25, -0.2) is 4.99 Å². The lowest BCUT2D eigenvalue weighted by molar-refractivity contribution is 0.406. The third-order valence-electron chi connectivity index (χ3n) is 8.33. The number of aliphatic imine (C=N–C) groups is 1. The van der Waals surface area contributed by atoms with Crippen molar-refractivity contribution in [3.63, 3.8) is 0 Å². The summed E-state index contributed by atoms with van der Waals surface area (Å²) in [5.41, 5.74) is 7.99. The van der Waals surface area contributed by atoms with Crippen molar-refractivity contribution in [2.45, 2.75) is 18.5 Å². The summed E-state index contributed by atoms with van der Waals surface area (Å²) in [5, 5.41) is 13.9. The van der Waals surface area contributed by atoms with E-state index in [4.69, 9.17) is 4.99 Å². The van der Waals surface area contributed by atoms with Gasteiger partial charge in [-0.15, -0.1) is 0 Å². The van der Waals surface area contributed by atoms with Gasteiger partial charge in [-0.2, -0.15) is 0 Å². The van der Waals surface area contributed by atoms with Crippen LogP contribution in [-0.4, -0.2) is 5.84 Å². The quantitative estimate of drug-likeness (QED) is 0.199. The van der Waals surface area contributed by atoms with E-state index < -0.39 is 0 Å². The van der Waals surface area contributed by atoms with Gasteiger partial charge >= 0.3 is 0 Å². The van der Waals surface area contributed by atoms with E-state index in [-0.39, 0.29) is 18.5 Å². The highest BCUT2D eigenvalue weighted by atomic mass is 15.3. The van der Waals surface area contributed by atoms with Crippen molar-refractivity contribution in [3.8, 4) is 0 Å². The van der Waals surface area contributed by atoms with Crippen molar-refractivity contribution >= 4 is 33.7 Å². The third-order valence-corrected chi connectivity index (χ3v) is 8.33. The van der Waals surface area contributed by atoms with E-state index in [9.17, 15) is 0 Å². The van der Waals surface area contributed by atoms with Crippen molar-refractivity contribution in [1.29, 1.82) is 0 Å². The normalized spacial score (nSPS) is 19.3. The number of fused-ring (bicyclic) bond motifs is 2. The molecule has 3 unspecified atom stereocenters. The first-order chi connectivity index (χ1) is 21.3. The Morgan fingerprint density at radius 3 is 1.91 bits per heavy atom. The van der Waals surface area contributed by atoms with Crippen molar-refractivity contribution < 1.29 is 0 Å². The Hall–Kier alpha value is -5.39. The second kappa shape index (κ2) is 10.8. The Labute approximate surface area is 251 Å². The molecule has 43 heavy (non-hydrogen) atoms. The van der Waals surface area contributed by atoms with Gasteiger partial charge in [-0.05, 0) is 58.3 Å². The van der Waals surface area contributed by atoms with Crippen LogP contribution >= 0.6 is 0 Å². The van der Waals surface area contributed by atoms with Gasteiger partial charge < -0.3 is 15.5 Å². The maximum absolute atomic E-state index is 5.15. The molecule has 5 heteroatoms. The smallest absolute Gasteiger partial charge is 0.131 e. The summed E-state index contributed by atoms with van der Waals surface area (Å²) in [5.74, 6) is 0.875. The summed E-state index contributed by atoms with van der Waals surface area (Å²) in [6.07, 6.45) is -0.515. The van der Waals surface area contributed by atoms with E-state index in [2.05, 4.69) is 160 Å². The molecular weight excluding hydrogens is 526 g/mol. The SMILES string of the molecule is c1ccc(C2=NC(c3ccccc3)NC(c3cc4ccccc4cc3C3Nc4ccccc4N3c3ccccc3)N2)cc1. The Morgan fingerprint density at radius 2 is 1.16 bits per heavy atom. The van der Waals surface area contributed by atoms with Gasteiger partial charge in [0.05, 0.1) is 11.4 Å². The molecular formula is C38H31N5. The molecule has 6 aromatic rings. The maximum Gasteiger partial charge on any atom is 0.131 e. The lowest BCUT2D eigenvalue weighted by atomic mass is 9.95. The summed E-state index contributed by atoms with van der Waals surface area (Å²) in [7, 11) is 0. The highest BCUT2D eigenvalue weighted by molar-refractivity contribution is 5.99. The second-order valence-electron chi connectivity index (χ2n) is 11.0. The van der Waals surface area contributed by atoms with Crippen LogP contribution in [0.5, 0.6) is 0 Å². The van der Waals surface area contributed by atoms with Crippen LogP contribution in [-0.2, 0) is 0 Å². The van der Waals surface area contributed by atoms with Crippen LogP contribution in [0.2, 0.25) is 0 Å². The molecule has 0 fully saturated rings. The standard InChI is InChI=1S/C38H31N5/c1-4-14-26(15-5-1)35-40-36(27-16-6-2-7-17-27)42-37(41-35)31-24-28-18-10-11-19-29(28)25-32(31)38-39-33-22-12-13-23-34(33)43(38)30-20-8-3-9-21-30/h1-25,35,37-39,41H,(H,40,42). The van der Waals surface area contributed by atoms with Crippen molar-refractivity contribution in [1.82, 2.24) is 10.6 Å². The van der Waals surface area contributed by atoms with E-state index in [1.54, 1.807) is 0 Å². The highest BCUT2D eigenvalue weighted by Crippen LogP contribution is 2.47. The summed E-state index contributed by atoms with van der Waals surface area (Å²) in [6, 6.07) is 53.4. The minimum Gasteiger partial charge on any atom is -0.359 e. The molecule has 6 aromatic carbocycles. The van der Waals surface area contributed by atoms with Gasteiger partial charge in [-0.1, -0.05) is 115 Å². The van der Waals surface area contributed by atoms with Crippen molar-refractivity contribution in [3.05, 3.63) is 174 Å². The molecule has 5 nitrogen and oxygen atoms in total. The fraction of sp³-hybridized carbons (Fsp3) is 0.0789. The third kappa shape index (κ3) is 4.70. The van der Waals surface area contributed by atoms with Crippen molar-refractivity contribution in [2.24, 2.45) is 4.99 Å². The maximum atomic E-state index is 5.15. The first-order valence-electron chi connectivity index (χ1n) is 14.7. The number of rotatable bonds is 5. The summed E-state index contributed by atoms with van der Waals surface area (Å²) < 4.78 is 0. The Morgan fingerprint density at radius 1 is 0.558 bits per heavy atom. The highest BCUT2D eigenvalue weighted by Gasteiger charge is 2.35. The predicted molar refractivity (Wildman–Crippen MR) is 177 cm³/mol. The van der Waals surface area contributed by atoms with Gasteiger partial charge in [-0.3, -0.25) is 5.32 Å². The Kier molecular flexibility index (Phi) is 6.35. The van der Waals surface area contributed by atoms with Gasteiger partial charge in [0, 0.05) is 16.8 Å². The zero-order valence-corrected chi connectivity index (χ0v) is 23.6. The van der Waals surface area contributed by atoms with E-state index >= 15 is 0 Å². The fourth-order valence-corrected chi connectivity index (χ4v) is 6.28. The number of hydrogen-bond donors (Lipinski definition) is 3. The first kappa shape index (κ1) is 25.3. The van der Waals surface area contributed by atoms with Crippen LogP contribution in [0.25, 0.3) is 10.8 Å². The molecule has 8 rings (SSSR count). The minimum atomic E-state index is -0.207. The zero-order valence-electron chi connectivity index (χ0n) is 23.6. The number of amidine groups is 1. The van der Waals surface area contributed by atoms with Crippen LogP contribution < -0.4 is 20.9 Å². The molecule has 2 heterocycles. The van der Waals surface area contributed by atoms with E-state index in [1.165, 1.54) is 21.9 Å². The molecule has 0 bridgehead atoms. The molecule has 0 amide bonds. The van der Waals surface area contributed by atoms with Crippen LogP contribution in [0.4, 0.5) is 17.1 Å². The van der Waals surface area contributed by atoms with E-state index in [0.717, 1.165) is 34.0 Å². The van der Waals surface area contributed by atoms with Crippen LogP contribution in [0.15, 0.2) is 157 Å². The zero-order chi connectivity index (χ0) is 28.6. The van der Waals surface area contributed by atoms with Crippen molar-refractivity contribution in [2.75, 3.05) is 10.2 Å². The molecule has 2 aliphatic rings. The number of para-hydroxylation sites is 3.